The largest absolute Gasteiger partial charge is 0.344 e. The molecule has 4 heteroatoms. The summed E-state index contributed by atoms with van der Waals surface area (Å²) in [5.74, 6) is 1.49. The van der Waals surface area contributed by atoms with Gasteiger partial charge in [-0.05, 0) is 30.7 Å². The van der Waals surface area contributed by atoms with Crippen LogP contribution in [0, 0.1) is 11.8 Å². The normalized spacial score (nSPS) is 18.1. The van der Waals surface area contributed by atoms with Crippen LogP contribution in [0.25, 0.3) is 0 Å². The van der Waals surface area contributed by atoms with Crippen LogP contribution in [0.3, 0.4) is 0 Å². The Bertz CT molecular complexity index is 337. The molecule has 1 aromatic rings. The number of rotatable bonds is 1. The Kier molecular flexibility index (Phi) is 3.27. The van der Waals surface area contributed by atoms with E-state index in [0.717, 1.165) is 37.8 Å². The van der Waals surface area contributed by atoms with E-state index in [1.807, 2.05) is 4.90 Å². The van der Waals surface area contributed by atoms with Crippen molar-refractivity contribution in [2.45, 2.75) is 26.7 Å². The van der Waals surface area contributed by atoms with Crippen molar-refractivity contribution in [1.82, 2.24) is 14.7 Å². The minimum Gasteiger partial charge on any atom is -0.323 e. The summed E-state index contributed by atoms with van der Waals surface area (Å²) in [6.45, 7) is 6.24. The van der Waals surface area contributed by atoms with E-state index < -0.39 is 0 Å². The van der Waals surface area contributed by atoms with Crippen LogP contribution >= 0.6 is 0 Å². The fourth-order valence-corrected chi connectivity index (χ4v) is 2.28. The van der Waals surface area contributed by atoms with Crippen molar-refractivity contribution in [3.05, 3.63) is 18.5 Å². The molecule has 1 fully saturated rings. The lowest BCUT2D eigenvalue weighted by molar-refractivity contribution is 0.155. The maximum Gasteiger partial charge on any atom is 0.344 e. The van der Waals surface area contributed by atoms with Gasteiger partial charge in [0.15, 0.2) is 0 Å². The van der Waals surface area contributed by atoms with Crippen molar-refractivity contribution in [2.24, 2.45) is 11.8 Å². The zero-order valence-corrected chi connectivity index (χ0v) is 9.97. The molecule has 0 aliphatic carbocycles. The number of carbonyl (C=O) groups excluding carboxylic acids is 1. The molecule has 0 saturated carbocycles. The smallest absolute Gasteiger partial charge is 0.323 e. The third-order valence-corrected chi connectivity index (χ3v) is 3.45. The summed E-state index contributed by atoms with van der Waals surface area (Å²) >= 11 is 0. The number of carbonyl (C=O) groups is 1. The number of amides is 1. The summed E-state index contributed by atoms with van der Waals surface area (Å²) in [5.41, 5.74) is 0. The number of likely N-dealkylation sites (tertiary alicyclic amines) is 1. The molecule has 0 spiro atoms. The lowest BCUT2D eigenvalue weighted by atomic mass is 9.87. The van der Waals surface area contributed by atoms with E-state index in [1.165, 1.54) is 4.68 Å². The first-order valence-electron chi connectivity index (χ1n) is 5.97. The number of piperidine rings is 1. The minimum absolute atomic E-state index is 0.00667. The van der Waals surface area contributed by atoms with Crippen LogP contribution in [0.15, 0.2) is 18.5 Å². The highest BCUT2D eigenvalue weighted by Gasteiger charge is 2.25. The SMILES string of the molecule is CC(C)C1CCN(C(=O)n2cccn2)CC1. The van der Waals surface area contributed by atoms with Crippen molar-refractivity contribution in [2.75, 3.05) is 13.1 Å². The van der Waals surface area contributed by atoms with Gasteiger partial charge in [0.05, 0.1) is 0 Å². The Morgan fingerprint density at radius 1 is 1.38 bits per heavy atom. The van der Waals surface area contributed by atoms with E-state index in [0.29, 0.717) is 0 Å². The van der Waals surface area contributed by atoms with Gasteiger partial charge in [0.25, 0.3) is 0 Å². The summed E-state index contributed by atoms with van der Waals surface area (Å²) < 4.78 is 1.41. The molecule has 0 bridgehead atoms. The van der Waals surface area contributed by atoms with Gasteiger partial charge < -0.3 is 4.90 Å². The number of hydrogen-bond acceptors (Lipinski definition) is 2. The van der Waals surface area contributed by atoms with Crippen LogP contribution in [0.1, 0.15) is 26.7 Å². The van der Waals surface area contributed by atoms with Crippen LogP contribution in [-0.4, -0.2) is 33.8 Å². The molecule has 4 nitrogen and oxygen atoms in total. The molecule has 0 aromatic carbocycles. The van der Waals surface area contributed by atoms with Crippen LogP contribution in [0.2, 0.25) is 0 Å². The molecule has 1 saturated heterocycles. The van der Waals surface area contributed by atoms with Gasteiger partial charge in [-0.3, -0.25) is 0 Å². The minimum atomic E-state index is 0.00667. The number of aromatic nitrogens is 2. The lowest BCUT2D eigenvalue weighted by Gasteiger charge is -2.33. The molecular weight excluding hydrogens is 202 g/mol. The first-order chi connectivity index (χ1) is 7.68. The van der Waals surface area contributed by atoms with Gasteiger partial charge in [0.1, 0.15) is 0 Å². The van der Waals surface area contributed by atoms with Crippen LogP contribution in [0.5, 0.6) is 0 Å². The predicted octanol–water partition coefficient (Wildman–Crippen LogP) is 2.22. The van der Waals surface area contributed by atoms with E-state index in [9.17, 15) is 4.79 Å². The Morgan fingerprint density at radius 2 is 2.06 bits per heavy atom. The van der Waals surface area contributed by atoms with E-state index >= 15 is 0 Å². The first-order valence-corrected chi connectivity index (χ1v) is 5.97. The Balaban J connectivity index is 1.92. The zero-order valence-electron chi connectivity index (χ0n) is 9.97. The predicted molar refractivity (Wildman–Crippen MR) is 62.2 cm³/mol. The first kappa shape index (κ1) is 11.2. The second-order valence-electron chi connectivity index (χ2n) is 4.80. The van der Waals surface area contributed by atoms with Gasteiger partial charge in [0.2, 0.25) is 0 Å². The second kappa shape index (κ2) is 4.68. The van der Waals surface area contributed by atoms with Crippen molar-refractivity contribution in [3.63, 3.8) is 0 Å². The molecule has 2 rings (SSSR count). The quantitative estimate of drug-likeness (QED) is 0.729. The van der Waals surface area contributed by atoms with Gasteiger partial charge in [0, 0.05) is 25.5 Å². The molecule has 0 radical (unpaired) electrons. The van der Waals surface area contributed by atoms with E-state index in [1.54, 1.807) is 18.5 Å². The Labute approximate surface area is 96.2 Å². The molecule has 1 aromatic heterocycles. The van der Waals surface area contributed by atoms with E-state index in [4.69, 9.17) is 0 Å². The van der Waals surface area contributed by atoms with Gasteiger partial charge >= 0.3 is 6.03 Å². The summed E-state index contributed by atoms with van der Waals surface area (Å²) in [6.07, 6.45) is 5.57. The highest BCUT2D eigenvalue weighted by atomic mass is 16.2. The summed E-state index contributed by atoms with van der Waals surface area (Å²) in [5, 5.41) is 3.97. The lowest BCUT2D eigenvalue weighted by Crippen LogP contribution is -2.41. The number of hydrogen-bond donors (Lipinski definition) is 0. The molecule has 1 aliphatic rings. The van der Waals surface area contributed by atoms with E-state index in [-0.39, 0.29) is 6.03 Å². The molecule has 16 heavy (non-hydrogen) atoms. The molecule has 1 amide bonds. The number of nitrogens with zero attached hydrogens (tertiary/aromatic N) is 3. The van der Waals surface area contributed by atoms with Crippen molar-refractivity contribution in [1.29, 1.82) is 0 Å². The molecule has 0 N–H and O–H groups in total. The van der Waals surface area contributed by atoms with Crippen LogP contribution in [0.4, 0.5) is 4.79 Å². The molecule has 0 unspecified atom stereocenters. The topological polar surface area (TPSA) is 38.1 Å². The van der Waals surface area contributed by atoms with Gasteiger partial charge in [-0.15, -0.1) is 0 Å². The van der Waals surface area contributed by atoms with E-state index in [2.05, 4.69) is 18.9 Å². The average molecular weight is 221 g/mol. The van der Waals surface area contributed by atoms with Crippen molar-refractivity contribution >= 4 is 6.03 Å². The maximum absolute atomic E-state index is 12.0. The summed E-state index contributed by atoms with van der Waals surface area (Å²) in [4.78, 5) is 13.9. The van der Waals surface area contributed by atoms with Crippen molar-refractivity contribution < 1.29 is 4.79 Å². The van der Waals surface area contributed by atoms with Gasteiger partial charge in [-0.25, -0.2) is 4.79 Å². The fraction of sp³-hybridized carbons (Fsp3) is 0.667. The van der Waals surface area contributed by atoms with Crippen LogP contribution < -0.4 is 0 Å². The molecular formula is C12H19N3O. The summed E-state index contributed by atoms with van der Waals surface area (Å²) in [7, 11) is 0. The molecule has 1 aliphatic heterocycles. The maximum atomic E-state index is 12.0. The molecule has 2 heterocycles. The highest BCUT2D eigenvalue weighted by molar-refractivity contribution is 5.75. The zero-order chi connectivity index (χ0) is 11.5. The van der Waals surface area contributed by atoms with Gasteiger partial charge in [-0.1, -0.05) is 13.8 Å². The fourth-order valence-electron chi connectivity index (χ4n) is 2.28. The third kappa shape index (κ3) is 2.26. The highest BCUT2D eigenvalue weighted by Crippen LogP contribution is 2.24. The van der Waals surface area contributed by atoms with Crippen molar-refractivity contribution in [3.8, 4) is 0 Å². The Morgan fingerprint density at radius 3 is 2.56 bits per heavy atom. The summed E-state index contributed by atoms with van der Waals surface area (Å²) in [6, 6.07) is 1.78. The van der Waals surface area contributed by atoms with Gasteiger partial charge in [-0.2, -0.15) is 9.78 Å². The monoisotopic (exact) mass is 221 g/mol. The van der Waals surface area contributed by atoms with Crippen LogP contribution in [-0.2, 0) is 0 Å². The third-order valence-electron chi connectivity index (χ3n) is 3.45. The second-order valence-corrected chi connectivity index (χ2v) is 4.80. The molecule has 0 atom stereocenters. The standard InChI is InChI=1S/C12H19N3O/c1-10(2)11-4-8-14(9-5-11)12(16)15-7-3-6-13-15/h3,6-7,10-11H,4-5,8-9H2,1-2H3. The Hall–Kier alpha value is -1.32. The molecule has 88 valence electrons. The average Bonchev–Trinajstić information content (AvgIpc) is 2.81.